The van der Waals surface area contributed by atoms with Gasteiger partial charge in [0, 0.05) is 17.7 Å². The lowest BCUT2D eigenvalue weighted by Gasteiger charge is -2.26. The molecular weight excluding hydrogens is 340 g/mol. The highest BCUT2D eigenvalue weighted by Crippen LogP contribution is 2.40. The first kappa shape index (κ1) is 19.1. The zero-order valence-corrected chi connectivity index (χ0v) is 15.9. The maximum Gasteiger partial charge on any atom is 0.418 e. The van der Waals surface area contributed by atoms with Crippen LogP contribution in [0.5, 0.6) is 0 Å². The van der Waals surface area contributed by atoms with Gasteiger partial charge in [0.2, 0.25) is 5.60 Å². The van der Waals surface area contributed by atoms with E-state index in [0.29, 0.717) is 17.7 Å². The summed E-state index contributed by atoms with van der Waals surface area (Å²) in [5.41, 5.74) is -0.0731. The molecule has 0 N–H and O–H groups in total. The number of hydrogen-bond donors (Lipinski definition) is 0. The maximum atomic E-state index is 13.4. The minimum Gasteiger partial charge on any atom is -0.422 e. The molecule has 1 saturated heterocycles. The Labute approximate surface area is 160 Å². The van der Waals surface area contributed by atoms with Crippen molar-refractivity contribution >= 4 is 12.0 Å². The van der Waals surface area contributed by atoms with Crippen LogP contribution in [0.3, 0.4) is 0 Å². The number of rotatable bonds is 8. The number of cyclic esters (lactones) is 1. The van der Waals surface area contributed by atoms with Crippen LogP contribution in [0.15, 0.2) is 60.7 Å². The summed E-state index contributed by atoms with van der Waals surface area (Å²) in [6, 6.07) is 18.5. The second-order valence-electron chi connectivity index (χ2n) is 6.62. The van der Waals surface area contributed by atoms with Gasteiger partial charge in [0.1, 0.15) is 0 Å². The fourth-order valence-corrected chi connectivity index (χ4v) is 3.56. The van der Waals surface area contributed by atoms with Crippen molar-refractivity contribution in [2.45, 2.75) is 25.9 Å². The summed E-state index contributed by atoms with van der Waals surface area (Å²) >= 11 is 0. The van der Waals surface area contributed by atoms with Crippen molar-refractivity contribution in [3.63, 3.8) is 0 Å². The van der Waals surface area contributed by atoms with Crippen LogP contribution < -0.4 is 0 Å². The van der Waals surface area contributed by atoms with Crippen LogP contribution in [-0.2, 0) is 15.1 Å². The van der Waals surface area contributed by atoms with Crippen molar-refractivity contribution in [3.8, 4) is 0 Å². The lowest BCUT2D eigenvalue weighted by molar-refractivity contribution is -0.134. The Morgan fingerprint density at radius 1 is 0.889 bits per heavy atom. The van der Waals surface area contributed by atoms with E-state index in [1.165, 1.54) is 4.90 Å². The highest BCUT2D eigenvalue weighted by Gasteiger charge is 2.56. The van der Waals surface area contributed by atoms with Crippen molar-refractivity contribution in [2.75, 3.05) is 26.2 Å². The van der Waals surface area contributed by atoms with Gasteiger partial charge in [-0.2, -0.15) is 0 Å². The number of carbonyl (C=O) groups is 2. The summed E-state index contributed by atoms with van der Waals surface area (Å²) in [4.78, 5) is 29.6. The molecule has 142 valence electrons. The average molecular weight is 366 g/mol. The summed E-state index contributed by atoms with van der Waals surface area (Å²) in [5, 5.41) is 0. The van der Waals surface area contributed by atoms with Gasteiger partial charge in [-0.15, -0.1) is 0 Å². The van der Waals surface area contributed by atoms with Gasteiger partial charge in [0.25, 0.3) is 5.91 Å². The van der Waals surface area contributed by atoms with Gasteiger partial charge < -0.3 is 9.64 Å². The van der Waals surface area contributed by atoms with E-state index in [2.05, 4.69) is 18.7 Å². The Morgan fingerprint density at radius 3 is 1.89 bits per heavy atom. The van der Waals surface area contributed by atoms with Crippen LogP contribution in [0.1, 0.15) is 31.4 Å². The molecule has 0 aromatic heterocycles. The van der Waals surface area contributed by atoms with Crippen molar-refractivity contribution < 1.29 is 14.3 Å². The Hall–Kier alpha value is -2.66. The molecule has 0 spiro atoms. The van der Waals surface area contributed by atoms with Crippen LogP contribution in [-0.4, -0.2) is 48.0 Å². The molecule has 0 aliphatic carbocycles. The van der Waals surface area contributed by atoms with Crippen LogP contribution in [0.25, 0.3) is 0 Å². The second kappa shape index (κ2) is 8.35. The van der Waals surface area contributed by atoms with Gasteiger partial charge in [0.05, 0.1) is 0 Å². The SMILES string of the molecule is CCN(CC)CCCN1C(=O)OC(c2ccccc2)(c2ccccc2)C1=O. The van der Waals surface area contributed by atoms with E-state index in [0.717, 1.165) is 26.1 Å². The molecule has 2 amide bonds. The average Bonchev–Trinajstić information content (AvgIpc) is 2.98. The van der Waals surface area contributed by atoms with Crippen LogP contribution in [0.2, 0.25) is 0 Å². The highest BCUT2D eigenvalue weighted by atomic mass is 16.6. The Morgan fingerprint density at radius 2 is 1.41 bits per heavy atom. The van der Waals surface area contributed by atoms with Crippen LogP contribution in [0.4, 0.5) is 4.79 Å². The molecule has 0 unspecified atom stereocenters. The Kier molecular flexibility index (Phi) is 5.91. The molecule has 0 atom stereocenters. The number of carbonyl (C=O) groups excluding carboxylic acids is 2. The number of imide groups is 1. The predicted molar refractivity (Wildman–Crippen MR) is 104 cm³/mol. The third-order valence-corrected chi connectivity index (χ3v) is 5.12. The van der Waals surface area contributed by atoms with Gasteiger partial charge in [0.15, 0.2) is 0 Å². The maximum absolute atomic E-state index is 13.4. The standard InChI is InChI=1S/C22H26N2O3/c1-3-23(4-2)16-11-17-24-20(25)22(27-21(24)26,18-12-7-5-8-13-18)19-14-9-6-10-15-19/h5-10,12-15H,3-4,11,16-17H2,1-2H3. The predicted octanol–water partition coefficient (Wildman–Crippen LogP) is 3.64. The first-order valence-electron chi connectivity index (χ1n) is 9.51. The molecule has 3 rings (SSSR count). The van der Waals surface area contributed by atoms with Crippen LogP contribution in [0, 0.1) is 0 Å². The molecule has 0 radical (unpaired) electrons. The molecule has 1 fully saturated rings. The normalized spacial score (nSPS) is 16.0. The number of hydrogen-bond acceptors (Lipinski definition) is 4. The molecule has 5 heteroatoms. The van der Waals surface area contributed by atoms with Gasteiger partial charge in [-0.05, 0) is 26.1 Å². The summed E-state index contributed by atoms with van der Waals surface area (Å²) in [6.07, 6.45) is 0.148. The second-order valence-corrected chi connectivity index (χ2v) is 6.62. The summed E-state index contributed by atoms with van der Waals surface area (Å²) in [5.74, 6) is -0.315. The molecule has 5 nitrogen and oxygen atoms in total. The molecule has 1 aliphatic rings. The van der Waals surface area contributed by atoms with E-state index in [4.69, 9.17) is 4.74 Å². The molecule has 0 bridgehead atoms. The topological polar surface area (TPSA) is 49.9 Å². The van der Waals surface area contributed by atoms with Gasteiger partial charge in [-0.25, -0.2) is 9.69 Å². The van der Waals surface area contributed by atoms with E-state index in [1.807, 2.05) is 60.7 Å². The zero-order valence-electron chi connectivity index (χ0n) is 15.9. The van der Waals surface area contributed by atoms with Crippen molar-refractivity contribution in [1.82, 2.24) is 9.80 Å². The Bertz CT molecular complexity index is 733. The van der Waals surface area contributed by atoms with E-state index < -0.39 is 11.7 Å². The van der Waals surface area contributed by atoms with Crippen LogP contribution >= 0.6 is 0 Å². The molecule has 0 saturated carbocycles. The first-order valence-corrected chi connectivity index (χ1v) is 9.51. The molecule has 1 heterocycles. The number of amides is 2. The summed E-state index contributed by atoms with van der Waals surface area (Å²) in [6.45, 7) is 7.31. The van der Waals surface area contributed by atoms with Crippen molar-refractivity contribution in [3.05, 3.63) is 71.8 Å². The molecule has 2 aromatic carbocycles. The first-order chi connectivity index (χ1) is 13.1. The van der Waals surface area contributed by atoms with Gasteiger partial charge in [-0.3, -0.25) is 4.79 Å². The number of nitrogens with zero attached hydrogens (tertiary/aromatic N) is 2. The van der Waals surface area contributed by atoms with Crippen molar-refractivity contribution in [1.29, 1.82) is 0 Å². The fourth-order valence-electron chi connectivity index (χ4n) is 3.56. The minimum atomic E-state index is -1.41. The fraction of sp³-hybridized carbons (Fsp3) is 0.364. The highest BCUT2D eigenvalue weighted by molar-refractivity contribution is 6.05. The smallest absolute Gasteiger partial charge is 0.418 e. The summed E-state index contributed by atoms with van der Waals surface area (Å²) in [7, 11) is 0. The monoisotopic (exact) mass is 366 g/mol. The quantitative estimate of drug-likeness (QED) is 0.716. The van der Waals surface area contributed by atoms with E-state index in [-0.39, 0.29) is 5.91 Å². The number of ether oxygens (including phenoxy) is 1. The van der Waals surface area contributed by atoms with E-state index >= 15 is 0 Å². The third-order valence-electron chi connectivity index (χ3n) is 5.12. The molecule has 1 aliphatic heterocycles. The molecular formula is C22H26N2O3. The molecule has 2 aromatic rings. The Balaban J connectivity index is 1.90. The van der Waals surface area contributed by atoms with Gasteiger partial charge in [-0.1, -0.05) is 74.5 Å². The van der Waals surface area contributed by atoms with Gasteiger partial charge >= 0.3 is 6.09 Å². The lowest BCUT2D eigenvalue weighted by atomic mass is 9.85. The van der Waals surface area contributed by atoms with E-state index in [9.17, 15) is 9.59 Å². The third kappa shape index (κ3) is 3.60. The molecule has 27 heavy (non-hydrogen) atoms. The number of benzene rings is 2. The largest absolute Gasteiger partial charge is 0.422 e. The van der Waals surface area contributed by atoms with E-state index in [1.54, 1.807) is 0 Å². The zero-order chi connectivity index (χ0) is 19.3. The lowest BCUT2D eigenvalue weighted by Crippen LogP contribution is -2.40. The summed E-state index contributed by atoms with van der Waals surface area (Å²) < 4.78 is 5.78. The minimum absolute atomic E-state index is 0.315. The van der Waals surface area contributed by atoms with Crippen molar-refractivity contribution in [2.24, 2.45) is 0 Å².